The van der Waals surface area contributed by atoms with Crippen LogP contribution >= 0.6 is 11.3 Å². The molecule has 0 saturated carbocycles. The molecule has 0 atom stereocenters. The quantitative estimate of drug-likeness (QED) is 0.646. The lowest BCUT2D eigenvalue weighted by Gasteiger charge is -2.29. The molecule has 11 heteroatoms. The smallest absolute Gasteiger partial charge is 0.256 e. The minimum Gasteiger partial charge on any atom is -0.365 e. The van der Waals surface area contributed by atoms with Gasteiger partial charge in [-0.1, -0.05) is 6.92 Å². The number of hydrogen-bond acceptors (Lipinski definition) is 6. The van der Waals surface area contributed by atoms with Crippen molar-refractivity contribution in [3.8, 4) is 0 Å². The van der Waals surface area contributed by atoms with E-state index in [4.69, 9.17) is 5.73 Å². The molecule has 0 unspecified atom stereocenters. The number of amides is 3. The normalized spacial score (nSPS) is 17.3. The molecule has 0 radical (unpaired) electrons. The Morgan fingerprint density at radius 2 is 1.74 bits per heavy atom. The van der Waals surface area contributed by atoms with Gasteiger partial charge in [0.15, 0.2) is 0 Å². The zero-order chi connectivity index (χ0) is 24.6. The van der Waals surface area contributed by atoms with Crippen LogP contribution in [0.1, 0.15) is 57.8 Å². The Balaban J connectivity index is 1.52. The molecule has 182 valence electrons. The zero-order valence-corrected chi connectivity index (χ0v) is 20.8. The van der Waals surface area contributed by atoms with Crippen molar-refractivity contribution < 1.29 is 22.8 Å². The van der Waals surface area contributed by atoms with Gasteiger partial charge in [-0.15, -0.1) is 11.3 Å². The molecule has 9 nitrogen and oxygen atoms in total. The fraction of sp³-hybridized carbons (Fsp3) is 0.435. The van der Waals surface area contributed by atoms with Crippen molar-refractivity contribution in [1.29, 1.82) is 0 Å². The number of hydrogen-bond donors (Lipinski definition) is 2. The molecule has 1 fully saturated rings. The van der Waals surface area contributed by atoms with Crippen molar-refractivity contribution in [2.75, 3.05) is 25.0 Å². The topological polar surface area (TPSA) is 130 Å². The molecule has 0 spiro atoms. The number of nitrogens with two attached hydrogens (primary N) is 1. The summed E-state index contributed by atoms with van der Waals surface area (Å²) >= 11 is 1.23. The molecule has 1 aromatic carbocycles. The van der Waals surface area contributed by atoms with Crippen molar-refractivity contribution in [3.05, 3.63) is 45.8 Å². The van der Waals surface area contributed by atoms with Crippen LogP contribution in [0.15, 0.2) is 29.2 Å². The monoisotopic (exact) mass is 504 g/mol. The predicted octanol–water partition coefficient (Wildman–Crippen LogP) is 2.42. The number of benzene rings is 1. The average molecular weight is 505 g/mol. The number of primary amides is 1. The van der Waals surface area contributed by atoms with Gasteiger partial charge in [0.25, 0.3) is 11.8 Å². The highest BCUT2D eigenvalue weighted by atomic mass is 32.2. The number of carbonyl (C=O) groups excluding carboxylic acids is 3. The van der Waals surface area contributed by atoms with Crippen LogP contribution < -0.4 is 11.1 Å². The maximum Gasteiger partial charge on any atom is 0.256 e. The van der Waals surface area contributed by atoms with Gasteiger partial charge in [-0.05, 0) is 55.0 Å². The molecule has 2 aliphatic heterocycles. The first-order valence-electron chi connectivity index (χ1n) is 11.2. The number of fused-ring (bicyclic) bond motifs is 1. The molecular formula is C23H28N4O5S2. The lowest BCUT2D eigenvalue weighted by molar-refractivity contribution is -0.129. The number of rotatable bonds is 5. The van der Waals surface area contributed by atoms with Gasteiger partial charge in [-0.2, -0.15) is 4.31 Å². The Kier molecular flexibility index (Phi) is 6.79. The van der Waals surface area contributed by atoms with Gasteiger partial charge in [0.05, 0.1) is 17.0 Å². The standard InChI is InChI=1S/C23H28N4O5S2/c1-14-7-11-27(12-8-14)34(31,32)17-5-3-16(4-6-17)22(30)25-23-20(21(24)29)18-9-10-26(15(2)28)13-19(18)33-23/h3-6,14H,7-13H2,1-2H3,(H2,24,29)(H,25,30). The summed E-state index contributed by atoms with van der Waals surface area (Å²) in [6, 6.07) is 5.79. The number of carbonyl (C=O) groups is 3. The van der Waals surface area contributed by atoms with E-state index >= 15 is 0 Å². The maximum absolute atomic E-state index is 12.9. The molecule has 4 rings (SSSR count). The molecule has 2 aromatic rings. The minimum atomic E-state index is -3.61. The lowest BCUT2D eigenvalue weighted by atomic mass is 10.0. The molecule has 3 amide bonds. The van der Waals surface area contributed by atoms with Gasteiger partial charge in [-0.25, -0.2) is 8.42 Å². The number of nitrogens with one attached hydrogen (secondary N) is 1. The Labute approximate surface area is 203 Å². The van der Waals surface area contributed by atoms with Crippen molar-refractivity contribution in [2.45, 2.75) is 44.6 Å². The van der Waals surface area contributed by atoms with E-state index in [2.05, 4.69) is 12.2 Å². The van der Waals surface area contributed by atoms with Crippen LogP contribution in [0.25, 0.3) is 0 Å². The van der Waals surface area contributed by atoms with E-state index in [1.54, 1.807) is 4.90 Å². The highest BCUT2D eigenvalue weighted by Crippen LogP contribution is 2.37. The third-order valence-electron chi connectivity index (χ3n) is 6.47. The number of sulfonamides is 1. The van der Waals surface area contributed by atoms with Crippen LogP contribution in [0, 0.1) is 5.92 Å². The molecule has 0 bridgehead atoms. The summed E-state index contributed by atoms with van der Waals surface area (Å²) in [4.78, 5) is 39.4. The maximum atomic E-state index is 12.9. The second-order valence-electron chi connectivity index (χ2n) is 8.83. The van der Waals surface area contributed by atoms with Crippen LogP contribution in [0.5, 0.6) is 0 Å². The summed E-state index contributed by atoms with van der Waals surface area (Å²) in [5.74, 6) is -0.655. The third kappa shape index (κ3) is 4.73. The van der Waals surface area contributed by atoms with E-state index in [9.17, 15) is 22.8 Å². The second kappa shape index (κ2) is 9.47. The molecule has 3 N–H and O–H groups in total. The zero-order valence-electron chi connectivity index (χ0n) is 19.2. The van der Waals surface area contributed by atoms with E-state index in [1.807, 2.05) is 0 Å². The summed E-state index contributed by atoms with van der Waals surface area (Å²) in [5.41, 5.74) is 6.91. The lowest BCUT2D eigenvalue weighted by Crippen LogP contribution is -2.37. The Morgan fingerprint density at radius 1 is 1.09 bits per heavy atom. The number of anilines is 1. The van der Waals surface area contributed by atoms with Crippen LogP contribution in [-0.4, -0.2) is 55.0 Å². The van der Waals surface area contributed by atoms with Crippen LogP contribution in [0.3, 0.4) is 0 Å². The molecule has 34 heavy (non-hydrogen) atoms. The van der Waals surface area contributed by atoms with Crippen molar-refractivity contribution >= 4 is 44.1 Å². The SMILES string of the molecule is CC(=O)N1CCc2c(sc(NC(=O)c3ccc(S(=O)(=O)N4CCC(C)CC4)cc3)c2C(N)=O)C1. The average Bonchev–Trinajstić information content (AvgIpc) is 3.16. The number of nitrogens with zero attached hydrogens (tertiary/aromatic N) is 2. The highest BCUT2D eigenvalue weighted by molar-refractivity contribution is 7.89. The Morgan fingerprint density at radius 3 is 2.32 bits per heavy atom. The fourth-order valence-electron chi connectivity index (χ4n) is 4.35. The molecule has 1 aromatic heterocycles. The van der Waals surface area contributed by atoms with E-state index in [0.29, 0.717) is 43.5 Å². The van der Waals surface area contributed by atoms with Gasteiger partial charge in [0, 0.05) is 37.0 Å². The first kappa shape index (κ1) is 24.4. The van der Waals surface area contributed by atoms with Crippen LogP contribution in [0.4, 0.5) is 5.00 Å². The Bertz CT molecular complexity index is 1230. The number of piperidine rings is 1. The van der Waals surface area contributed by atoms with Crippen molar-refractivity contribution in [3.63, 3.8) is 0 Å². The molecular weight excluding hydrogens is 476 g/mol. The highest BCUT2D eigenvalue weighted by Gasteiger charge is 2.30. The van der Waals surface area contributed by atoms with Crippen molar-refractivity contribution in [1.82, 2.24) is 9.21 Å². The predicted molar refractivity (Wildman–Crippen MR) is 129 cm³/mol. The summed E-state index contributed by atoms with van der Waals surface area (Å²) in [5, 5.41) is 3.09. The van der Waals surface area contributed by atoms with Gasteiger partial charge in [0.2, 0.25) is 15.9 Å². The summed E-state index contributed by atoms with van der Waals surface area (Å²) < 4.78 is 27.3. The van der Waals surface area contributed by atoms with E-state index in [0.717, 1.165) is 23.3 Å². The van der Waals surface area contributed by atoms with Gasteiger partial charge < -0.3 is 16.0 Å². The molecule has 3 heterocycles. The van der Waals surface area contributed by atoms with E-state index < -0.39 is 21.8 Å². The summed E-state index contributed by atoms with van der Waals surface area (Å²) in [6.07, 6.45) is 2.15. The largest absolute Gasteiger partial charge is 0.365 e. The fourth-order valence-corrected chi connectivity index (χ4v) is 7.08. The summed E-state index contributed by atoms with van der Waals surface area (Å²) in [6.45, 7) is 5.44. The van der Waals surface area contributed by atoms with Crippen molar-refractivity contribution in [2.24, 2.45) is 11.7 Å². The first-order chi connectivity index (χ1) is 16.1. The third-order valence-corrected chi connectivity index (χ3v) is 9.52. The van der Waals surface area contributed by atoms with Crippen LogP contribution in [0.2, 0.25) is 0 Å². The van der Waals surface area contributed by atoms with E-state index in [-0.39, 0.29) is 21.9 Å². The first-order valence-corrected chi connectivity index (χ1v) is 13.4. The second-order valence-corrected chi connectivity index (χ2v) is 11.9. The molecule has 2 aliphatic rings. The van der Waals surface area contributed by atoms with Gasteiger partial charge in [-0.3, -0.25) is 14.4 Å². The Hall–Kier alpha value is -2.76. The van der Waals surface area contributed by atoms with Crippen LogP contribution in [-0.2, 0) is 27.8 Å². The van der Waals surface area contributed by atoms with E-state index in [1.165, 1.54) is 46.8 Å². The summed E-state index contributed by atoms with van der Waals surface area (Å²) in [7, 11) is -3.61. The molecule has 1 saturated heterocycles. The minimum absolute atomic E-state index is 0.0561. The number of thiophene rings is 1. The molecule has 0 aliphatic carbocycles. The van der Waals surface area contributed by atoms with Gasteiger partial charge >= 0.3 is 0 Å². The van der Waals surface area contributed by atoms with Gasteiger partial charge in [0.1, 0.15) is 5.00 Å².